The van der Waals surface area contributed by atoms with Crippen molar-refractivity contribution in [1.29, 1.82) is 0 Å². The number of amides is 1. The van der Waals surface area contributed by atoms with Crippen LogP contribution in [-0.2, 0) is 7.05 Å². The second-order valence-electron chi connectivity index (χ2n) is 8.32. The molecule has 1 saturated carbocycles. The van der Waals surface area contributed by atoms with Crippen LogP contribution < -0.4 is 5.32 Å². The summed E-state index contributed by atoms with van der Waals surface area (Å²) in [5.74, 6) is 0.00863. The quantitative estimate of drug-likeness (QED) is 0.845. The number of aromatic nitrogens is 3. The SMILES string of the molecule is Cc1cc(C(=O)NC2CCN(C3CCCCCC3)C2)c2c(C)nn(C)c2n1. The summed E-state index contributed by atoms with van der Waals surface area (Å²) in [5.41, 5.74) is 3.19. The molecule has 0 radical (unpaired) electrons. The minimum atomic E-state index is 0.00863. The lowest BCUT2D eigenvalue weighted by atomic mass is 10.1. The minimum Gasteiger partial charge on any atom is -0.348 e. The Morgan fingerprint density at radius 1 is 1.15 bits per heavy atom. The second-order valence-corrected chi connectivity index (χ2v) is 8.32. The van der Waals surface area contributed by atoms with Gasteiger partial charge in [-0.25, -0.2) is 4.98 Å². The summed E-state index contributed by atoms with van der Waals surface area (Å²) in [5, 5.41) is 8.62. The molecule has 6 heteroatoms. The monoisotopic (exact) mass is 369 g/mol. The van der Waals surface area contributed by atoms with Crippen molar-refractivity contribution in [2.75, 3.05) is 13.1 Å². The highest BCUT2D eigenvalue weighted by Crippen LogP contribution is 2.26. The lowest BCUT2D eigenvalue weighted by Crippen LogP contribution is -2.39. The molecule has 0 spiro atoms. The largest absolute Gasteiger partial charge is 0.348 e. The van der Waals surface area contributed by atoms with Gasteiger partial charge in [-0.15, -0.1) is 0 Å². The number of carbonyl (C=O) groups is 1. The molecule has 4 rings (SSSR count). The summed E-state index contributed by atoms with van der Waals surface area (Å²) in [6, 6.07) is 2.84. The lowest BCUT2D eigenvalue weighted by molar-refractivity contribution is 0.0937. The van der Waals surface area contributed by atoms with Crippen molar-refractivity contribution in [3.63, 3.8) is 0 Å². The molecule has 1 atom stereocenters. The van der Waals surface area contributed by atoms with Gasteiger partial charge in [0.2, 0.25) is 0 Å². The number of likely N-dealkylation sites (tertiary alicyclic amines) is 1. The van der Waals surface area contributed by atoms with Crippen LogP contribution in [0.3, 0.4) is 0 Å². The van der Waals surface area contributed by atoms with E-state index in [0.717, 1.165) is 41.9 Å². The molecule has 1 aliphatic carbocycles. The highest BCUT2D eigenvalue weighted by atomic mass is 16.1. The predicted octanol–water partition coefficient (Wildman–Crippen LogP) is 3.11. The maximum absolute atomic E-state index is 13.1. The van der Waals surface area contributed by atoms with Crippen LogP contribution in [-0.4, -0.2) is 50.7 Å². The first-order chi connectivity index (χ1) is 13.0. The molecule has 1 aliphatic heterocycles. The Hall–Kier alpha value is -1.95. The van der Waals surface area contributed by atoms with Crippen molar-refractivity contribution in [2.45, 2.75) is 70.9 Å². The Kier molecular flexibility index (Phi) is 5.17. The van der Waals surface area contributed by atoms with Gasteiger partial charge in [0.15, 0.2) is 5.65 Å². The lowest BCUT2D eigenvalue weighted by Gasteiger charge is -2.26. The first-order valence-electron chi connectivity index (χ1n) is 10.4. The van der Waals surface area contributed by atoms with Crippen LogP contribution in [0.5, 0.6) is 0 Å². The summed E-state index contributed by atoms with van der Waals surface area (Å²) in [4.78, 5) is 20.2. The van der Waals surface area contributed by atoms with Crippen molar-refractivity contribution in [3.05, 3.63) is 23.0 Å². The van der Waals surface area contributed by atoms with Crippen molar-refractivity contribution < 1.29 is 4.79 Å². The summed E-state index contributed by atoms with van der Waals surface area (Å²) in [7, 11) is 1.88. The van der Waals surface area contributed by atoms with E-state index in [4.69, 9.17) is 0 Å². The molecule has 0 bridgehead atoms. The highest BCUT2D eigenvalue weighted by Gasteiger charge is 2.30. The summed E-state index contributed by atoms with van der Waals surface area (Å²) < 4.78 is 1.76. The van der Waals surface area contributed by atoms with Crippen LogP contribution in [0.1, 0.15) is 66.7 Å². The molecule has 2 aromatic heterocycles. The number of aryl methyl sites for hydroxylation is 3. The summed E-state index contributed by atoms with van der Waals surface area (Å²) in [6.45, 7) is 5.96. The number of fused-ring (bicyclic) bond motifs is 1. The maximum atomic E-state index is 13.1. The van der Waals surface area contributed by atoms with Gasteiger partial charge in [-0.2, -0.15) is 5.10 Å². The molecule has 2 aliphatic rings. The average Bonchev–Trinajstić information content (AvgIpc) is 3.08. The zero-order valence-corrected chi connectivity index (χ0v) is 16.8. The number of hydrogen-bond donors (Lipinski definition) is 1. The maximum Gasteiger partial charge on any atom is 0.252 e. The molecular formula is C21H31N5O. The van der Waals surface area contributed by atoms with Gasteiger partial charge in [-0.1, -0.05) is 25.7 Å². The Labute approximate surface area is 161 Å². The van der Waals surface area contributed by atoms with Crippen LogP contribution in [0, 0.1) is 13.8 Å². The van der Waals surface area contributed by atoms with E-state index in [1.807, 2.05) is 27.0 Å². The number of hydrogen-bond acceptors (Lipinski definition) is 4. The van der Waals surface area contributed by atoms with Gasteiger partial charge in [0.05, 0.1) is 16.6 Å². The zero-order chi connectivity index (χ0) is 19.0. The van der Waals surface area contributed by atoms with Gasteiger partial charge in [-0.3, -0.25) is 14.4 Å². The van der Waals surface area contributed by atoms with E-state index in [9.17, 15) is 4.79 Å². The third-order valence-corrected chi connectivity index (χ3v) is 6.24. The molecule has 6 nitrogen and oxygen atoms in total. The Morgan fingerprint density at radius 2 is 1.89 bits per heavy atom. The standard InChI is InChI=1S/C21H31N5O/c1-14-12-18(19-15(2)24-25(3)20(19)22-14)21(27)23-16-10-11-26(13-16)17-8-6-4-5-7-9-17/h12,16-17H,4-11,13H2,1-3H3,(H,23,27). The molecule has 146 valence electrons. The van der Waals surface area contributed by atoms with E-state index in [1.165, 1.54) is 38.5 Å². The summed E-state index contributed by atoms with van der Waals surface area (Å²) in [6.07, 6.45) is 9.15. The molecule has 1 amide bonds. The Morgan fingerprint density at radius 3 is 2.63 bits per heavy atom. The van der Waals surface area contributed by atoms with Crippen LogP contribution in [0.4, 0.5) is 0 Å². The van der Waals surface area contributed by atoms with Gasteiger partial charge >= 0.3 is 0 Å². The van der Waals surface area contributed by atoms with E-state index >= 15 is 0 Å². The molecule has 1 unspecified atom stereocenters. The number of pyridine rings is 1. The molecule has 1 N–H and O–H groups in total. The van der Waals surface area contributed by atoms with Crippen molar-refractivity contribution in [2.24, 2.45) is 7.05 Å². The van der Waals surface area contributed by atoms with Crippen LogP contribution in [0.2, 0.25) is 0 Å². The van der Waals surface area contributed by atoms with Crippen molar-refractivity contribution in [1.82, 2.24) is 25.0 Å². The topological polar surface area (TPSA) is 63.1 Å². The number of nitrogens with one attached hydrogen (secondary N) is 1. The number of carbonyl (C=O) groups excluding carboxylic acids is 1. The van der Waals surface area contributed by atoms with E-state index in [1.54, 1.807) is 4.68 Å². The van der Waals surface area contributed by atoms with Crippen LogP contribution in [0.25, 0.3) is 11.0 Å². The van der Waals surface area contributed by atoms with E-state index in [2.05, 4.69) is 20.3 Å². The number of nitrogens with zero attached hydrogens (tertiary/aromatic N) is 4. The molecular weight excluding hydrogens is 338 g/mol. The van der Waals surface area contributed by atoms with Gasteiger partial charge in [0.25, 0.3) is 5.91 Å². The van der Waals surface area contributed by atoms with E-state index in [0.29, 0.717) is 11.6 Å². The molecule has 3 heterocycles. The fourth-order valence-electron chi connectivity index (χ4n) is 4.87. The molecule has 1 saturated heterocycles. The van der Waals surface area contributed by atoms with Crippen molar-refractivity contribution >= 4 is 16.9 Å². The Balaban J connectivity index is 1.48. The van der Waals surface area contributed by atoms with Gasteiger partial charge in [-0.05, 0) is 39.2 Å². The van der Waals surface area contributed by atoms with Crippen LogP contribution in [0.15, 0.2) is 6.07 Å². The normalized spacial score (nSPS) is 22.3. The third-order valence-electron chi connectivity index (χ3n) is 6.24. The zero-order valence-electron chi connectivity index (χ0n) is 16.8. The second kappa shape index (κ2) is 7.58. The highest BCUT2D eigenvalue weighted by molar-refractivity contribution is 6.06. The van der Waals surface area contributed by atoms with E-state index < -0.39 is 0 Å². The fraction of sp³-hybridized carbons (Fsp3) is 0.667. The summed E-state index contributed by atoms with van der Waals surface area (Å²) >= 11 is 0. The fourth-order valence-corrected chi connectivity index (χ4v) is 4.87. The Bertz CT molecular complexity index is 835. The minimum absolute atomic E-state index is 0.00863. The van der Waals surface area contributed by atoms with Gasteiger partial charge in [0.1, 0.15) is 0 Å². The van der Waals surface area contributed by atoms with Crippen molar-refractivity contribution in [3.8, 4) is 0 Å². The predicted molar refractivity (Wildman–Crippen MR) is 107 cm³/mol. The smallest absolute Gasteiger partial charge is 0.252 e. The molecule has 0 aromatic carbocycles. The molecule has 2 fully saturated rings. The third kappa shape index (κ3) is 3.72. The molecule has 27 heavy (non-hydrogen) atoms. The first kappa shape index (κ1) is 18.4. The van der Waals surface area contributed by atoms with Crippen LogP contribution >= 0.6 is 0 Å². The average molecular weight is 370 g/mol. The molecule has 2 aromatic rings. The van der Waals surface area contributed by atoms with Gasteiger partial charge < -0.3 is 5.32 Å². The van der Waals surface area contributed by atoms with Gasteiger partial charge in [0, 0.05) is 37.9 Å². The van der Waals surface area contributed by atoms with E-state index in [-0.39, 0.29) is 11.9 Å². The number of rotatable bonds is 3. The first-order valence-corrected chi connectivity index (χ1v) is 10.4.